The minimum atomic E-state index is -0.541. The van der Waals surface area contributed by atoms with Crippen LogP contribution in [0.1, 0.15) is 12.3 Å². The molecule has 2 aromatic carbocycles. The first-order chi connectivity index (χ1) is 13.5. The van der Waals surface area contributed by atoms with Crippen molar-refractivity contribution >= 4 is 23.2 Å². The Kier molecular flexibility index (Phi) is 6.16. The molecule has 0 aliphatic heterocycles. The fourth-order valence-electron chi connectivity index (χ4n) is 2.57. The lowest BCUT2D eigenvalue weighted by atomic mass is 10.1. The Balaban J connectivity index is 1.63. The maximum absolute atomic E-state index is 13.2. The number of nitrogens with one attached hydrogen (secondary N) is 1. The van der Waals surface area contributed by atoms with Gasteiger partial charge in [0.15, 0.2) is 11.7 Å². The third-order valence-electron chi connectivity index (χ3n) is 4.00. The van der Waals surface area contributed by atoms with Gasteiger partial charge in [0.25, 0.3) is 0 Å². The van der Waals surface area contributed by atoms with E-state index in [4.69, 9.17) is 25.5 Å². The molecule has 8 heteroatoms. The van der Waals surface area contributed by atoms with E-state index in [0.717, 1.165) is 5.56 Å². The zero-order valence-electron chi connectivity index (χ0n) is 15.3. The number of halogens is 2. The van der Waals surface area contributed by atoms with Crippen molar-refractivity contribution in [2.45, 2.75) is 12.8 Å². The summed E-state index contributed by atoms with van der Waals surface area (Å²) in [5.41, 5.74) is 1.15. The summed E-state index contributed by atoms with van der Waals surface area (Å²) in [6.07, 6.45) is 2.03. The van der Waals surface area contributed by atoms with Crippen LogP contribution in [0.15, 0.2) is 47.0 Å². The molecular weight excluding hydrogens is 387 g/mol. The molecule has 1 aromatic heterocycles. The van der Waals surface area contributed by atoms with E-state index in [2.05, 4.69) is 10.3 Å². The van der Waals surface area contributed by atoms with Gasteiger partial charge in [-0.3, -0.25) is 4.79 Å². The van der Waals surface area contributed by atoms with E-state index < -0.39 is 5.82 Å². The van der Waals surface area contributed by atoms with Gasteiger partial charge >= 0.3 is 0 Å². The molecule has 146 valence electrons. The van der Waals surface area contributed by atoms with Crippen LogP contribution < -0.4 is 14.8 Å². The quantitative estimate of drug-likeness (QED) is 0.616. The number of benzene rings is 2. The van der Waals surface area contributed by atoms with Crippen molar-refractivity contribution in [1.82, 2.24) is 4.98 Å². The van der Waals surface area contributed by atoms with E-state index in [1.54, 1.807) is 32.5 Å². The fraction of sp³-hybridized carbons (Fsp3) is 0.200. The molecule has 1 amide bonds. The summed E-state index contributed by atoms with van der Waals surface area (Å²) in [5.74, 6) is 1.40. The van der Waals surface area contributed by atoms with Gasteiger partial charge in [0.05, 0.1) is 31.0 Å². The first kappa shape index (κ1) is 19.7. The second-order valence-electron chi connectivity index (χ2n) is 5.86. The maximum atomic E-state index is 13.2. The number of oxazole rings is 1. The fourth-order valence-corrected chi connectivity index (χ4v) is 2.75. The summed E-state index contributed by atoms with van der Waals surface area (Å²) in [6.45, 7) is 0. The summed E-state index contributed by atoms with van der Waals surface area (Å²) in [7, 11) is 3.13. The highest BCUT2D eigenvalue weighted by Crippen LogP contribution is 2.33. The van der Waals surface area contributed by atoms with Gasteiger partial charge in [-0.05, 0) is 30.3 Å². The number of amides is 1. The molecule has 1 heterocycles. The van der Waals surface area contributed by atoms with Crippen LogP contribution in [0.4, 0.5) is 10.1 Å². The highest BCUT2D eigenvalue weighted by Gasteiger charge is 2.14. The van der Waals surface area contributed by atoms with Gasteiger partial charge in [0.2, 0.25) is 5.91 Å². The average Bonchev–Trinajstić information content (AvgIpc) is 3.17. The predicted molar refractivity (Wildman–Crippen MR) is 103 cm³/mol. The Morgan fingerprint density at radius 1 is 1.21 bits per heavy atom. The zero-order chi connectivity index (χ0) is 20.1. The Morgan fingerprint density at radius 2 is 2.04 bits per heavy atom. The SMILES string of the molecule is COc1ccc(-c2cnc(CCC(=O)Nc3ccc(F)c(Cl)c3)o2)c(OC)c1. The molecule has 0 aliphatic rings. The number of aromatic nitrogens is 1. The Bertz CT molecular complexity index is 990. The van der Waals surface area contributed by atoms with Gasteiger partial charge in [-0.1, -0.05) is 11.6 Å². The summed E-state index contributed by atoms with van der Waals surface area (Å²) >= 11 is 5.71. The lowest BCUT2D eigenvalue weighted by Crippen LogP contribution is -2.12. The highest BCUT2D eigenvalue weighted by atomic mass is 35.5. The summed E-state index contributed by atoms with van der Waals surface area (Å²) in [4.78, 5) is 16.3. The van der Waals surface area contributed by atoms with Gasteiger partial charge in [0, 0.05) is 24.6 Å². The van der Waals surface area contributed by atoms with Crippen LogP contribution in [-0.4, -0.2) is 25.1 Å². The molecule has 28 heavy (non-hydrogen) atoms. The number of anilines is 1. The third kappa shape index (κ3) is 4.61. The molecule has 0 saturated carbocycles. The Hall–Kier alpha value is -3.06. The normalized spacial score (nSPS) is 10.6. The number of hydrogen-bond acceptors (Lipinski definition) is 5. The molecule has 1 N–H and O–H groups in total. The van der Waals surface area contributed by atoms with Crippen molar-refractivity contribution in [3.63, 3.8) is 0 Å². The molecule has 6 nitrogen and oxygen atoms in total. The smallest absolute Gasteiger partial charge is 0.224 e. The van der Waals surface area contributed by atoms with E-state index in [1.165, 1.54) is 18.2 Å². The molecule has 0 saturated heterocycles. The Morgan fingerprint density at radius 3 is 2.75 bits per heavy atom. The van der Waals surface area contributed by atoms with E-state index in [0.29, 0.717) is 35.3 Å². The number of aryl methyl sites for hydroxylation is 1. The molecule has 0 spiro atoms. The van der Waals surface area contributed by atoms with E-state index >= 15 is 0 Å². The molecule has 0 atom stereocenters. The molecule has 3 aromatic rings. The average molecular weight is 405 g/mol. The molecule has 0 fully saturated rings. The number of carbonyl (C=O) groups excluding carboxylic acids is 1. The number of ether oxygens (including phenoxy) is 2. The van der Waals surface area contributed by atoms with Crippen LogP contribution in [0.2, 0.25) is 5.02 Å². The molecule has 0 bridgehead atoms. The van der Waals surface area contributed by atoms with Crippen LogP contribution in [0.5, 0.6) is 11.5 Å². The van der Waals surface area contributed by atoms with Crippen molar-refractivity contribution < 1.29 is 23.1 Å². The maximum Gasteiger partial charge on any atom is 0.224 e. The number of nitrogens with zero attached hydrogens (tertiary/aromatic N) is 1. The van der Waals surface area contributed by atoms with Crippen molar-refractivity contribution in [3.8, 4) is 22.8 Å². The molecule has 0 aliphatic carbocycles. The van der Waals surface area contributed by atoms with E-state index in [-0.39, 0.29) is 17.4 Å². The van der Waals surface area contributed by atoms with Crippen molar-refractivity contribution in [2.24, 2.45) is 0 Å². The first-order valence-corrected chi connectivity index (χ1v) is 8.80. The molecule has 0 unspecified atom stereocenters. The summed E-state index contributed by atoms with van der Waals surface area (Å²) in [6, 6.07) is 9.35. The van der Waals surface area contributed by atoms with E-state index in [1.807, 2.05) is 6.07 Å². The van der Waals surface area contributed by atoms with Gasteiger partial charge in [-0.2, -0.15) is 0 Å². The highest BCUT2D eigenvalue weighted by molar-refractivity contribution is 6.31. The summed E-state index contributed by atoms with van der Waals surface area (Å²) < 4.78 is 29.4. The van der Waals surface area contributed by atoms with Crippen molar-refractivity contribution in [1.29, 1.82) is 0 Å². The topological polar surface area (TPSA) is 73.6 Å². The first-order valence-electron chi connectivity index (χ1n) is 8.42. The number of hydrogen-bond donors (Lipinski definition) is 1. The van der Waals surface area contributed by atoms with Gasteiger partial charge in [0.1, 0.15) is 17.3 Å². The van der Waals surface area contributed by atoms with Crippen LogP contribution in [0.25, 0.3) is 11.3 Å². The van der Waals surface area contributed by atoms with E-state index in [9.17, 15) is 9.18 Å². The van der Waals surface area contributed by atoms with Crippen molar-refractivity contribution in [2.75, 3.05) is 19.5 Å². The monoisotopic (exact) mass is 404 g/mol. The predicted octanol–water partition coefficient (Wildman–Crippen LogP) is 4.72. The lowest BCUT2D eigenvalue weighted by molar-refractivity contribution is -0.116. The largest absolute Gasteiger partial charge is 0.497 e. The number of rotatable bonds is 7. The van der Waals surface area contributed by atoms with Crippen LogP contribution in [-0.2, 0) is 11.2 Å². The van der Waals surface area contributed by atoms with Crippen LogP contribution >= 0.6 is 11.6 Å². The van der Waals surface area contributed by atoms with Crippen molar-refractivity contribution in [3.05, 3.63) is 59.3 Å². The molecule has 0 radical (unpaired) electrons. The summed E-state index contributed by atoms with van der Waals surface area (Å²) in [5, 5.41) is 2.60. The van der Waals surface area contributed by atoms with Crippen LogP contribution in [0, 0.1) is 5.82 Å². The standard InChI is InChI=1S/C20H18ClFN2O4/c1-26-13-4-5-14(17(10-13)27-2)18-11-23-20(28-18)8-7-19(25)24-12-3-6-16(22)15(21)9-12/h3-6,9-11H,7-8H2,1-2H3,(H,24,25). The zero-order valence-corrected chi connectivity index (χ0v) is 16.0. The lowest BCUT2D eigenvalue weighted by Gasteiger charge is -2.08. The second-order valence-corrected chi connectivity index (χ2v) is 6.27. The second kappa shape index (κ2) is 8.75. The number of methoxy groups -OCH3 is 2. The van der Waals surface area contributed by atoms with Crippen LogP contribution in [0.3, 0.4) is 0 Å². The minimum absolute atomic E-state index is 0.0522. The third-order valence-corrected chi connectivity index (χ3v) is 4.29. The number of carbonyl (C=O) groups is 1. The van der Waals surface area contributed by atoms with Gasteiger partial charge < -0.3 is 19.2 Å². The van der Waals surface area contributed by atoms with Gasteiger partial charge in [-0.15, -0.1) is 0 Å². The minimum Gasteiger partial charge on any atom is -0.497 e. The van der Waals surface area contributed by atoms with Gasteiger partial charge in [-0.25, -0.2) is 9.37 Å². The molecule has 3 rings (SSSR count). The Labute approximate surface area is 166 Å². The molecular formula is C20H18ClFN2O4.